The summed E-state index contributed by atoms with van der Waals surface area (Å²) in [7, 11) is -0.677. The second kappa shape index (κ2) is 6.24. The van der Waals surface area contributed by atoms with Crippen LogP contribution in [0.25, 0.3) is 0 Å². The zero-order chi connectivity index (χ0) is 18.4. The molecule has 0 saturated carbocycles. The first-order valence-corrected chi connectivity index (χ1v) is 9.11. The maximum absolute atomic E-state index is 12.6. The summed E-state index contributed by atoms with van der Waals surface area (Å²) in [4.78, 5) is 12.6. The van der Waals surface area contributed by atoms with Gasteiger partial charge in [0.25, 0.3) is 10.2 Å². The zero-order valence-corrected chi connectivity index (χ0v) is 15.2. The van der Waals surface area contributed by atoms with E-state index in [-0.39, 0.29) is 12.2 Å². The van der Waals surface area contributed by atoms with Crippen molar-refractivity contribution < 1.29 is 17.7 Å². The topological polar surface area (TPSA) is 122 Å². The Morgan fingerprint density at radius 2 is 2.12 bits per heavy atom. The molecular weight excluding hydrogens is 348 g/mol. The molecule has 0 radical (unpaired) electrons. The summed E-state index contributed by atoms with van der Waals surface area (Å²) in [6.07, 6.45) is 2.02. The minimum absolute atomic E-state index is 0.251. The Bertz CT molecular complexity index is 902. The number of hydrogen-bond acceptors (Lipinski definition) is 6. The Morgan fingerprint density at radius 3 is 2.68 bits per heavy atom. The summed E-state index contributed by atoms with van der Waals surface area (Å²) in [5, 5.41) is 10.5. The van der Waals surface area contributed by atoms with Gasteiger partial charge in [-0.1, -0.05) is 5.16 Å². The average molecular weight is 368 g/mol. The number of likely N-dealkylation sites (N-methyl/N-ethyl adjacent to an activating group) is 1. The fraction of sp³-hybridized carbons (Fsp3) is 0.500. The van der Waals surface area contributed by atoms with Crippen LogP contribution in [0.5, 0.6) is 0 Å². The van der Waals surface area contributed by atoms with E-state index >= 15 is 0 Å². The van der Waals surface area contributed by atoms with E-state index in [1.165, 1.54) is 7.05 Å². The van der Waals surface area contributed by atoms with E-state index < -0.39 is 28.2 Å². The highest BCUT2D eigenvalue weighted by Gasteiger charge is 2.41. The van der Waals surface area contributed by atoms with Crippen molar-refractivity contribution in [2.45, 2.75) is 32.4 Å². The molecule has 3 heterocycles. The van der Waals surface area contributed by atoms with Gasteiger partial charge in [0.05, 0.1) is 11.7 Å². The number of aromatic nitrogens is 3. The Morgan fingerprint density at radius 1 is 1.40 bits per heavy atom. The molecule has 2 aromatic heterocycles. The normalized spacial score (nSPS) is 23.5. The van der Waals surface area contributed by atoms with Crippen molar-refractivity contribution in [1.82, 2.24) is 24.0 Å². The number of aryl methyl sites for hydroxylation is 3. The Balaban J connectivity index is 1.86. The van der Waals surface area contributed by atoms with Gasteiger partial charge in [0.2, 0.25) is 5.91 Å². The van der Waals surface area contributed by atoms with Crippen molar-refractivity contribution in [1.29, 1.82) is 0 Å². The van der Waals surface area contributed by atoms with E-state index in [1.54, 1.807) is 37.8 Å². The van der Waals surface area contributed by atoms with Gasteiger partial charge in [0, 0.05) is 31.9 Å². The molecule has 1 aliphatic rings. The SMILES string of the molecule is Cc1cc(NC(=O)C2CC(c3cn(C)nc3C)NS(=O)(=O)N2C)no1. The Hall–Kier alpha value is -2.24. The van der Waals surface area contributed by atoms with Gasteiger partial charge in [0.1, 0.15) is 11.8 Å². The fourth-order valence-corrected chi connectivity index (χ4v) is 4.17. The van der Waals surface area contributed by atoms with Gasteiger partial charge in [-0.15, -0.1) is 0 Å². The lowest BCUT2D eigenvalue weighted by molar-refractivity contribution is -0.120. The molecule has 2 unspecified atom stereocenters. The molecule has 2 N–H and O–H groups in total. The molecule has 25 heavy (non-hydrogen) atoms. The Kier molecular flexibility index (Phi) is 4.39. The zero-order valence-electron chi connectivity index (χ0n) is 14.3. The molecule has 2 aromatic rings. The van der Waals surface area contributed by atoms with Crippen molar-refractivity contribution >= 4 is 21.9 Å². The number of carbonyl (C=O) groups excluding carboxylic acids is 1. The van der Waals surface area contributed by atoms with E-state index in [9.17, 15) is 13.2 Å². The van der Waals surface area contributed by atoms with Crippen LogP contribution >= 0.6 is 0 Å². The second-order valence-corrected chi connectivity index (χ2v) is 7.86. The van der Waals surface area contributed by atoms with E-state index in [1.807, 2.05) is 0 Å². The molecule has 10 nitrogen and oxygen atoms in total. The van der Waals surface area contributed by atoms with Crippen LogP contribution < -0.4 is 10.0 Å². The maximum Gasteiger partial charge on any atom is 0.280 e. The monoisotopic (exact) mass is 368 g/mol. The number of amides is 1. The molecule has 1 fully saturated rings. The third-order valence-electron chi connectivity index (χ3n) is 4.18. The molecule has 11 heteroatoms. The van der Waals surface area contributed by atoms with E-state index in [4.69, 9.17) is 4.52 Å². The number of nitrogens with zero attached hydrogens (tertiary/aromatic N) is 4. The van der Waals surface area contributed by atoms with Crippen LogP contribution in [0.3, 0.4) is 0 Å². The van der Waals surface area contributed by atoms with Crippen molar-refractivity contribution in [3.8, 4) is 0 Å². The molecule has 0 spiro atoms. The maximum atomic E-state index is 12.6. The minimum atomic E-state index is -3.81. The van der Waals surface area contributed by atoms with Crippen LogP contribution in [0.15, 0.2) is 16.8 Å². The number of hydrogen-bond donors (Lipinski definition) is 2. The second-order valence-electron chi connectivity index (χ2n) is 6.10. The van der Waals surface area contributed by atoms with Crippen molar-refractivity contribution in [2.75, 3.05) is 12.4 Å². The van der Waals surface area contributed by atoms with Gasteiger partial charge in [-0.3, -0.25) is 9.48 Å². The van der Waals surface area contributed by atoms with Crippen LogP contribution in [0.2, 0.25) is 0 Å². The third kappa shape index (κ3) is 3.43. The third-order valence-corrected chi connectivity index (χ3v) is 5.77. The lowest BCUT2D eigenvalue weighted by Gasteiger charge is -2.35. The van der Waals surface area contributed by atoms with Gasteiger partial charge in [-0.2, -0.15) is 22.5 Å². The summed E-state index contributed by atoms with van der Waals surface area (Å²) >= 11 is 0. The number of nitrogens with one attached hydrogen (secondary N) is 2. The predicted octanol–water partition coefficient (Wildman–Crippen LogP) is 0.243. The summed E-state index contributed by atoms with van der Waals surface area (Å²) in [5.74, 6) is 0.332. The minimum Gasteiger partial charge on any atom is -0.360 e. The van der Waals surface area contributed by atoms with Crippen molar-refractivity contribution in [3.05, 3.63) is 29.3 Å². The lowest BCUT2D eigenvalue weighted by Crippen LogP contribution is -2.56. The number of anilines is 1. The fourth-order valence-electron chi connectivity index (χ4n) is 2.91. The van der Waals surface area contributed by atoms with Crippen LogP contribution in [0.4, 0.5) is 5.82 Å². The summed E-state index contributed by atoms with van der Waals surface area (Å²) < 4.78 is 35.0. The van der Waals surface area contributed by atoms with Gasteiger partial charge < -0.3 is 9.84 Å². The molecule has 1 saturated heterocycles. The highest BCUT2D eigenvalue weighted by molar-refractivity contribution is 7.87. The average Bonchev–Trinajstić information content (AvgIpc) is 3.06. The van der Waals surface area contributed by atoms with E-state index in [2.05, 4.69) is 20.3 Å². The van der Waals surface area contributed by atoms with Gasteiger partial charge in [-0.05, 0) is 20.3 Å². The van der Waals surface area contributed by atoms with Gasteiger partial charge >= 0.3 is 0 Å². The van der Waals surface area contributed by atoms with Crippen LogP contribution in [-0.2, 0) is 22.1 Å². The first kappa shape index (κ1) is 17.6. The molecule has 2 atom stereocenters. The largest absolute Gasteiger partial charge is 0.360 e. The lowest BCUT2D eigenvalue weighted by atomic mass is 10.00. The molecule has 0 aliphatic carbocycles. The Labute approximate surface area is 145 Å². The summed E-state index contributed by atoms with van der Waals surface area (Å²) in [5.41, 5.74) is 1.46. The predicted molar refractivity (Wildman–Crippen MR) is 88.8 cm³/mol. The first-order chi connectivity index (χ1) is 11.7. The quantitative estimate of drug-likeness (QED) is 0.800. The molecular formula is C14H20N6O4S. The molecule has 1 amide bonds. The van der Waals surface area contributed by atoms with Crippen LogP contribution in [0, 0.1) is 13.8 Å². The summed E-state index contributed by atoms with van der Waals surface area (Å²) in [6, 6.07) is 0.147. The van der Waals surface area contributed by atoms with Gasteiger partial charge in [0.15, 0.2) is 5.82 Å². The highest BCUT2D eigenvalue weighted by atomic mass is 32.2. The molecule has 3 rings (SSSR count). The molecule has 136 valence electrons. The smallest absolute Gasteiger partial charge is 0.280 e. The van der Waals surface area contributed by atoms with Crippen molar-refractivity contribution in [2.24, 2.45) is 7.05 Å². The van der Waals surface area contributed by atoms with E-state index in [0.29, 0.717) is 11.5 Å². The number of rotatable bonds is 3. The first-order valence-electron chi connectivity index (χ1n) is 7.67. The molecule has 1 aliphatic heterocycles. The van der Waals surface area contributed by atoms with E-state index in [0.717, 1.165) is 9.87 Å². The van der Waals surface area contributed by atoms with Gasteiger partial charge in [-0.25, -0.2) is 0 Å². The van der Waals surface area contributed by atoms with Crippen LogP contribution in [0.1, 0.15) is 29.5 Å². The number of carbonyl (C=O) groups is 1. The summed E-state index contributed by atoms with van der Waals surface area (Å²) in [6.45, 7) is 3.50. The van der Waals surface area contributed by atoms with Crippen LogP contribution in [-0.4, -0.2) is 46.7 Å². The highest BCUT2D eigenvalue weighted by Crippen LogP contribution is 2.29. The molecule has 0 bridgehead atoms. The standard InChI is InChI=1S/C14H20N6O4S/c1-8-5-13(17-24-8)15-14(21)12-6-11(18-25(22,23)20(12)4)10-7-19(3)16-9(10)2/h5,7,11-12,18H,6H2,1-4H3,(H,15,17,21). The van der Waals surface area contributed by atoms with Crippen molar-refractivity contribution in [3.63, 3.8) is 0 Å². The molecule has 0 aromatic carbocycles.